The Kier molecular flexibility index (Phi) is 13.4. The molecule has 272 valence electrons. The smallest absolute Gasteiger partial charge is 0.475 e. The van der Waals surface area contributed by atoms with E-state index in [1.165, 1.54) is 11.6 Å². The Hall–Kier alpha value is -4.66. The number of benzene rings is 1. The number of aliphatic carboxylic acids is 3. The zero-order chi connectivity index (χ0) is 37.4. The molecule has 2 aliphatic heterocycles. The van der Waals surface area contributed by atoms with Crippen LogP contribution >= 0.6 is 0 Å². The summed E-state index contributed by atoms with van der Waals surface area (Å²) in [6.07, 6.45) is -7.68. The van der Waals surface area contributed by atoms with E-state index in [-0.39, 0.29) is 11.4 Å². The monoisotopic (exact) mass is 722 g/mol. The van der Waals surface area contributed by atoms with E-state index in [2.05, 4.69) is 21.4 Å². The number of piperidine rings is 1. The van der Waals surface area contributed by atoms with E-state index in [0.717, 1.165) is 62.6 Å². The van der Waals surface area contributed by atoms with Gasteiger partial charge < -0.3 is 24.3 Å². The molecule has 0 unspecified atom stereocenters. The second-order valence-electron chi connectivity index (χ2n) is 10.4. The van der Waals surface area contributed by atoms with Crippen LogP contribution in [0, 0.1) is 5.82 Å². The Morgan fingerprint density at radius 1 is 0.837 bits per heavy atom. The van der Waals surface area contributed by atoms with Gasteiger partial charge in [0.25, 0.3) is 0 Å². The van der Waals surface area contributed by atoms with E-state index >= 15 is 0 Å². The first-order chi connectivity index (χ1) is 22.5. The standard InChI is InChI=1S/C22H25FN4O.3C2HF3O2/c1-25-10-11-27-20(18-3-2-4-19(23)13-18)14-24-21(27)22(25)6-8-26(9-7-22)15-17-5-12-28-16-17;3*3-2(4,5)1(6)7/h2-5,12-14,16H,6-11,15H2,1H3;3*(H,6,7). The van der Waals surface area contributed by atoms with Crippen molar-refractivity contribution in [1.29, 1.82) is 0 Å². The predicted octanol–water partition coefficient (Wildman–Crippen LogP) is 5.62. The maximum Gasteiger partial charge on any atom is 0.490 e. The van der Waals surface area contributed by atoms with Crippen LogP contribution < -0.4 is 0 Å². The van der Waals surface area contributed by atoms with Crippen LogP contribution in [0.4, 0.5) is 43.9 Å². The molecule has 0 atom stereocenters. The number of halogens is 10. The van der Waals surface area contributed by atoms with Gasteiger partial charge in [0, 0.05) is 43.9 Å². The molecule has 0 amide bonds. The second kappa shape index (κ2) is 16.2. The van der Waals surface area contributed by atoms with Crippen LogP contribution in [0.15, 0.2) is 53.5 Å². The van der Waals surface area contributed by atoms with Gasteiger partial charge in [0.05, 0.1) is 30.0 Å². The van der Waals surface area contributed by atoms with Crippen LogP contribution in [0.3, 0.4) is 0 Å². The highest BCUT2D eigenvalue weighted by Gasteiger charge is 2.46. The van der Waals surface area contributed by atoms with Gasteiger partial charge in [-0.1, -0.05) is 12.1 Å². The third-order valence-corrected chi connectivity index (χ3v) is 7.18. The van der Waals surface area contributed by atoms with Gasteiger partial charge in [-0.15, -0.1) is 0 Å². The number of fused-ring (bicyclic) bond motifs is 2. The molecule has 3 aromatic rings. The average molecular weight is 723 g/mol. The third kappa shape index (κ3) is 11.5. The van der Waals surface area contributed by atoms with E-state index in [1.807, 2.05) is 24.6 Å². The number of furan rings is 1. The Labute approximate surface area is 270 Å². The number of rotatable bonds is 3. The van der Waals surface area contributed by atoms with Crippen molar-refractivity contribution in [3.63, 3.8) is 0 Å². The minimum absolute atomic E-state index is 0.0449. The van der Waals surface area contributed by atoms with Gasteiger partial charge in [0.15, 0.2) is 0 Å². The van der Waals surface area contributed by atoms with Gasteiger partial charge in [0.1, 0.15) is 11.6 Å². The fraction of sp³-hybridized carbons (Fsp3) is 0.429. The normalized spacial score (nSPS) is 16.1. The first-order valence-electron chi connectivity index (χ1n) is 13.7. The maximum absolute atomic E-state index is 13.7. The Bertz CT molecular complexity index is 1490. The molecule has 1 fully saturated rings. The van der Waals surface area contributed by atoms with Crippen molar-refractivity contribution in [2.24, 2.45) is 0 Å². The van der Waals surface area contributed by atoms with E-state index in [4.69, 9.17) is 39.1 Å². The molecule has 0 bridgehead atoms. The van der Waals surface area contributed by atoms with Crippen LogP contribution in [0.1, 0.15) is 24.2 Å². The van der Waals surface area contributed by atoms with Crippen molar-refractivity contribution < 1.29 is 78.0 Å². The molecule has 1 aromatic carbocycles. The molecule has 0 aliphatic carbocycles. The summed E-state index contributed by atoms with van der Waals surface area (Å²) in [5.74, 6) is -7.35. The number of carboxylic acid groups (broad SMARTS) is 3. The summed E-state index contributed by atoms with van der Waals surface area (Å²) < 4.78 is 116. The molecule has 1 saturated heterocycles. The molecule has 4 heterocycles. The first-order valence-corrected chi connectivity index (χ1v) is 13.7. The van der Waals surface area contributed by atoms with E-state index in [0.29, 0.717) is 0 Å². The molecular weight excluding hydrogens is 694 g/mol. The highest BCUT2D eigenvalue weighted by Crippen LogP contribution is 2.41. The van der Waals surface area contributed by atoms with Gasteiger partial charge in [-0.25, -0.2) is 23.8 Å². The molecule has 2 aromatic heterocycles. The lowest BCUT2D eigenvalue weighted by molar-refractivity contribution is -0.193. The van der Waals surface area contributed by atoms with Gasteiger partial charge in [0.2, 0.25) is 0 Å². The summed E-state index contributed by atoms with van der Waals surface area (Å²) in [7, 11) is 2.21. The van der Waals surface area contributed by atoms with Gasteiger partial charge in [-0.3, -0.25) is 9.80 Å². The Balaban J connectivity index is 0.000000325. The number of carboxylic acids is 3. The minimum atomic E-state index is -5.08. The number of carbonyl (C=O) groups is 3. The van der Waals surface area contributed by atoms with Gasteiger partial charge in [-0.2, -0.15) is 39.5 Å². The van der Waals surface area contributed by atoms with E-state index < -0.39 is 36.4 Å². The van der Waals surface area contributed by atoms with Crippen molar-refractivity contribution >= 4 is 17.9 Å². The fourth-order valence-corrected chi connectivity index (χ4v) is 4.81. The number of hydrogen-bond donors (Lipinski definition) is 3. The number of hydrogen-bond acceptors (Lipinski definition) is 7. The summed E-state index contributed by atoms with van der Waals surface area (Å²) >= 11 is 0. The minimum Gasteiger partial charge on any atom is -0.475 e. The van der Waals surface area contributed by atoms with Crippen LogP contribution in [-0.4, -0.2) is 97.8 Å². The molecule has 1 spiro atoms. The summed E-state index contributed by atoms with van der Waals surface area (Å²) in [6, 6.07) is 8.86. The van der Waals surface area contributed by atoms with Crippen molar-refractivity contribution in [2.45, 2.75) is 50.0 Å². The molecule has 2 aliphatic rings. The molecule has 5 rings (SSSR count). The van der Waals surface area contributed by atoms with Crippen LogP contribution in [0.2, 0.25) is 0 Å². The summed E-state index contributed by atoms with van der Waals surface area (Å²) in [4.78, 5) is 36.5. The topological polar surface area (TPSA) is 149 Å². The van der Waals surface area contributed by atoms with E-state index in [1.54, 1.807) is 18.4 Å². The predicted molar refractivity (Wildman–Crippen MR) is 146 cm³/mol. The summed E-state index contributed by atoms with van der Waals surface area (Å²) in [6.45, 7) is 4.85. The quantitative estimate of drug-likeness (QED) is 0.291. The Morgan fingerprint density at radius 2 is 1.35 bits per heavy atom. The zero-order valence-corrected chi connectivity index (χ0v) is 25.1. The number of nitrogens with zero attached hydrogens (tertiary/aromatic N) is 4. The highest BCUT2D eigenvalue weighted by atomic mass is 19.4. The Morgan fingerprint density at radius 3 is 1.78 bits per heavy atom. The molecule has 21 heteroatoms. The van der Waals surface area contributed by atoms with E-state index in [9.17, 15) is 43.9 Å². The molecule has 49 heavy (non-hydrogen) atoms. The largest absolute Gasteiger partial charge is 0.490 e. The maximum atomic E-state index is 13.7. The SMILES string of the molecule is CN1CCn2c(-c3cccc(F)c3)cnc2C12CCN(Cc1ccoc1)CC2.O=C(O)C(F)(F)F.O=C(O)C(F)(F)F.O=C(O)C(F)(F)F. The fourth-order valence-electron chi connectivity index (χ4n) is 4.81. The van der Waals surface area contributed by atoms with Crippen molar-refractivity contribution in [2.75, 3.05) is 26.7 Å². The highest BCUT2D eigenvalue weighted by molar-refractivity contribution is 5.73. The molecule has 0 saturated carbocycles. The second-order valence-corrected chi connectivity index (χ2v) is 10.4. The zero-order valence-electron chi connectivity index (χ0n) is 25.1. The number of imidazole rings is 1. The van der Waals surface area contributed by atoms with Crippen LogP contribution in [0.5, 0.6) is 0 Å². The third-order valence-electron chi connectivity index (χ3n) is 7.18. The van der Waals surface area contributed by atoms with Crippen molar-refractivity contribution in [3.05, 3.63) is 66.3 Å². The molecule has 0 radical (unpaired) electrons. The lowest BCUT2D eigenvalue weighted by atomic mass is 9.83. The number of aromatic nitrogens is 2. The summed E-state index contributed by atoms with van der Waals surface area (Å²) in [5, 5.41) is 21.4. The lowest BCUT2D eigenvalue weighted by Gasteiger charge is -2.49. The number of likely N-dealkylation sites (tertiary alicyclic amines) is 1. The molecule has 11 nitrogen and oxygen atoms in total. The number of alkyl halides is 9. The lowest BCUT2D eigenvalue weighted by Crippen LogP contribution is -2.56. The number of likely N-dealkylation sites (N-methyl/N-ethyl adjacent to an activating group) is 1. The van der Waals surface area contributed by atoms with Crippen LogP contribution in [-0.2, 0) is 33.0 Å². The summed E-state index contributed by atoms with van der Waals surface area (Å²) in [5.41, 5.74) is 3.10. The first kappa shape index (κ1) is 40.5. The molecule has 3 N–H and O–H groups in total. The van der Waals surface area contributed by atoms with Gasteiger partial charge >= 0.3 is 36.4 Å². The van der Waals surface area contributed by atoms with Crippen molar-refractivity contribution in [3.8, 4) is 11.3 Å². The van der Waals surface area contributed by atoms with Gasteiger partial charge in [-0.05, 0) is 38.1 Å². The molecular formula is C28H28F10N4O7. The van der Waals surface area contributed by atoms with Crippen LogP contribution in [0.25, 0.3) is 11.3 Å². The van der Waals surface area contributed by atoms with Crippen molar-refractivity contribution in [1.82, 2.24) is 19.4 Å². The average Bonchev–Trinajstić information content (AvgIpc) is 3.66.